The first-order valence-electron chi connectivity index (χ1n) is 9.38. The summed E-state index contributed by atoms with van der Waals surface area (Å²) < 4.78 is 5.14. The first kappa shape index (κ1) is 21.4. The number of nitrogens with zero attached hydrogens (tertiary/aromatic N) is 2. The van der Waals surface area contributed by atoms with Crippen molar-refractivity contribution >= 4 is 34.8 Å². The van der Waals surface area contributed by atoms with Gasteiger partial charge in [-0.25, -0.2) is 0 Å². The Morgan fingerprint density at radius 1 is 1.03 bits per heavy atom. The smallest absolute Gasteiger partial charge is 0.273 e. The SMILES string of the molecule is COc1ccc(Cl)cc1C(=O)NNC(=O)c1cc([N+](=O)[O-])ccc1N1CCCCC1. The van der Waals surface area contributed by atoms with Gasteiger partial charge in [-0.3, -0.25) is 30.6 Å². The lowest BCUT2D eigenvalue weighted by molar-refractivity contribution is -0.384. The second-order valence-electron chi connectivity index (χ2n) is 6.76. The number of halogens is 1. The molecule has 0 atom stereocenters. The van der Waals surface area contributed by atoms with Crippen LogP contribution in [-0.4, -0.2) is 36.9 Å². The summed E-state index contributed by atoms with van der Waals surface area (Å²) in [5.74, 6) is -1.00. The van der Waals surface area contributed by atoms with Crippen molar-refractivity contribution < 1.29 is 19.2 Å². The van der Waals surface area contributed by atoms with Crippen molar-refractivity contribution in [2.45, 2.75) is 19.3 Å². The number of anilines is 1. The van der Waals surface area contributed by atoms with Gasteiger partial charge in [0.1, 0.15) is 5.75 Å². The molecule has 1 heterocycles. The fraction of sp³-hybridized carbons (Fsp3) is 0.300. The summed E-state index contributed by atoms with van der Waals surface area (Å²) in [6.45, 7) is 1.51. The molecule has 1 aliphatic heterocycles. The molecule has 0 bridgehead atoms. The molecule has 1 fully saturated rings. The van der Waals surface area contributed by atoms with E-state index >= 15 is 0 Å². The Kier molecular flexibility index (Phi) is 6.73. The first-order valence-corrected chi connectivity index (χ1v) is 9.76. The maximum Gasteiger partial charge on any atom is 0.273 e. The third kappa shape index (κ3) is 4.80. The Morgan fingerprint density at radius 3 is 2.33 bits per heavy atom. The molecule has 3 rings (SSSR count). The molecule has 10 heteroatoms. The lowest BCUT2D eigenvalue weighted by atomic mass is 10.1. The van der Waals surface area contributed by atoms with E-state index in [1.807, 2.05) is 4.90 Å². The van der Waals surface area contributed by atoms with Gasteiger partial charge in [0.05, 0.1) is 28.8 Å². The summed E-state index contributed by atoms with van der Waals surface area (Å²) in [4.78, 5) is 37.9. The Hall–Kier alpha value is -3.33. The van der Waals surface area contributed by atoms with Crippen molar-refractivity contribution in [1.82, 2.24) is 10.9 Å². The standard InChI is InChI=1S/C20H21ClN4O5/c1-30-18-8-5-13(21)11-16(18)20(27)23-22-19(26)15-12-14(25(28)29)6-7-17(15)24-9-3-2-4-10-24/h5-8,11-12H,2-4,9-10H2,1H3,(H,22,26)(H,23,27). The largest absolute Gasteiger partial charge is 0.496 e. The summed E-state index contributed by atoms with van der Waals surface area (Å²) in [5, 5.41) is 11.5. The summed E-state index contributed by atoms with van der Waals surface area (Å²) in [6, 6.07) is 8.67. The summed E-state index contributed by atoms with van der Waals surface area (Å²) >= 11 is 5.94. The van der Waals surface area contributed by atoms with Crippen molar-refractivity contribution in [2.75, 3.05) is 25.1 Å². The molecule has 30 heavy (non-hydrogen) atoms. The number of nitrogens with one attached hydrogen (secondary N) is 2. The van der Waals surface area contributed by atoms with Gasteiger partial charge in [-0.15, -0.1) is 0 Å². The van der Waals surface area contributed by atoms with Gasteiger partial charge in [0.25, 0.3) is 17.5 Å². The van der Waals surface area contributed by atoms with E-state index in [2.05, 4.69) is 10.9 Å². The Balaban J connectivity index is 1.81. The number of ether oxygens (including phenoxy) is 1. The van der Waals surface area contributed by atoms with Gasteiger partial charge < -0.3 is 9.64 Å². The number of amides is 2. The number of hydrogen-bond donors (Lipinski definition) is 2. The molecular weight excluding hydrogens is 412 g/mol. The second kappa shape index (κ2) is 9.45. The van der Waals surface area contributed by atoms with Gasteiger partial charge in [0, 0.05) is 30.2 Å². The van der Waals surface area contributed by atoms with E-state index in [1.54, 1.807) is 12.1 Å². The number of carbonyl (C=O) groups excluding carboxylic acids is 2. The molecule has 0 spiro atoms. The second-order valence-corrected chi connectivity index (χ2v) is 7.20. The highest BCUT2D eigenvalue weighted by molar-refractivity contribution is 6.31. The van der Waals surface area contributed by atoms with E-state index in [0.717, 1.165) is 32.4 Å². The van der Waals surface area contributed by atoms with E-state index in [9.17, 15) is 19.7 Å². The van der Waals surface area contributed by atoms with Crippen LogP contribution >= 0.6 is 11.6 Å². The normalized spacial score (nSPS) is 13.5. The molecule has 0 aliphatic carbocycles. The predicted molar refractivity (Wildman–Crippen MR) is 112 cm³/mol. The number of hydrogen-bond acceptors (Lipinski definition) is 6. The maximum atomic E-state index is 12.8. The van der Waals surface area contributed by atoms with Crippen LogP contribution in [0, 0.1) is 10.1 Å². The van der Waals surface area contributed by atoms with Crippen LogP contribution in [0.5, 0.6) is 5.75 Å². The third-order valence-electron chi connectivity index (χ3n) is 4.83. The fourth-order valence-corrected chi connectivity index (χ4v) is 3.51. The van der Waals surface area contributed by atoms with E-state index in [-0.39, 0.29) is 22.6 Å². The van der Waals surface area contributed by atoms with Crippen LogP contribution in [0.4, 0.5) is 11.4 Å². The van der Waals surface area contributed by atoms with Gasteiger partial charge in [-0.2, -0.15) is 0 Å². The van der Waals surface area contributed by atoms with E-state index in [4.69, 9.17) is 16.3 Å². The molecule has 0 aromatic heterocycles. The number of nitro groups is 1. The summed E-state index contributed by atoms with van der Waals surface area (Å²) in [7, 11) is 1.41. The molecule has 2 aromatic rings. The lowest BCUT2D eigenvalue weighted by Crippen LogP contribution is -2.42. The molecule has 0 unspecified atom stereocenters. The Bertz CT molecular complexity index is 976. The number of piperidine rings is 1. The van der Waals surface area contributed by atoms with E-state index < -0.39 is 16.7 Å². The van der Waals surface area contributed by atoms with Crippen molar-refractivity contribution in [1.29, 1.82) is 0 Å². The van der Waals surface area contributed by atoms with Crippen LogP contribution in [0.25, 0.3) is 0 Å². The minimum Gasteiger partial charge on any atom is -0.496 e. The molecular formula is C20H21ClN4O5. The van der Waals surface area contributed by atoms with Crippen LogP contribution in [0.1, 0.15) is 40.0 Å². The monoisotopic (exact) mass is 432 g/mol. The Labute approximate surface area is 178 Å². The summed E-state index contributed by atoms with van der Waals surface area (Å²) in [6.07, 6.45) is 3.05. The first-order chi connectivity index (χ1) is 14.4. The summed E-state index contributed by atoms with van der Waals surface area (Å²) in [5.41, 5.74) is 5.28. The minimum absolute atomic E-state index is 0.115. The Morgan fingerprint density at radius 2 is 1.70 bits per heavy atom. The van der Waals surface area contributed by atoms with Gasteiger partial charge >= 0.3 is 0 Å². The number of methoxy groups -OCH3 is 1. The lowest BCUT2D eigenvalue weighted by Gasteiger charge is -2.30. The fourth-order valence-electron chi connectivity index (χ4n) is 3.34. The molecule has 2 aromatic carbocycles. The van der Waals surface area contributed by atoms with E-state index in [1.165, 1.54) is 31.4 Å². The van der Waals surface area contributed by atoms with Gasteiger partial charge in [-0.05, 0) is 43.5 Å². The van der Waals surface area contributed by atoms with Crippen LogP contribution in [-0.2, 0) is 0 Å². The van der Waals surface area contributed by atoms with Gasteiger partial charge in [-0.1, -0.05) is 11.6 Å². The molecule has 9 nitrogen and oxygen atoms in total. The van der Waals surface area contributed by atoms with Gasteiger partial charge in [0.2, 0.25) is 0 Å². The minimum atomic E-state index is -0.659. The van der Waals surface area contributed by atoms with E-state index in [0.29, 0.717) is 10.7 Å². The zero-order valence-electron chi connectivity index (χ0n) is 16.3. The number of hydrazine groups is 1. The van der Waals surface area contributed by atoms with Gasteiger partial charge in [0.15, 0.2) is 0 Å². The maximum absolute atomic E-state index is 12.8. The van der Waals surface area contributed by atoms with Crippen molar-refractivity contribution in [3.63, 3.8) is 0 Å². The molecule has 0 radical (unpaired) electrons. The molecule has 158 valence electrons. The molecule has 0 saturated carbocycles. The zero-order valence-corrected chi connectivity index (χ0v) is 17.1. The number of rotatable bonds is 5. The highest BCUT2D eigenvalue weighted by atomic mass is 35.5. The zero-order chi connectivity index (χ0) is 21.7. The number of nitro benzene ring substituents is 1. The predicted octanol–water partition coefficient (Wildman–Crippen LogP) is 3.32. The van der Waals surface area contributed by atoms with Crippen LogP contribution in [0.2, 0.25) is 5.02 Å². The number of non-ortho nitro benzene ring substituents is 1. The highest BCUT2D eigenvalue weighted by Crippen LogP contribution is 2.28. The quantitative estimate of drug-likeness (QED) is 0.553. The molecule has 1 saturated heterocycles. The van der Waals surface area contributed by atoms with Crippen LogP contribution < -0.4 is 20.5 Å². The average molecular weight is 433 g/mol. The number of benzene rings is 2. The topological polar surface area (TPSA) is 114 Å². The van der Waals surface area contributed by atoms with Crippen molar-refractivity contribution in [3.8, 4) is 5.75 Å². The van der Waals surface area contributed by atoms with Crippen LogP contribution in [0.3, 0.4) is 0 Å². The average Bonchev–Trinajstić information content (AvgIpc) is 2.77. The molecule has 2 amide bonds. The van der Waals surface area contributed by atoms with Crippen LogP contribution in [0.15, 0.2) is 36.4 Å². The third-order valence-corrected chi connectivity index (χ3v) is 5.06. The molecule has 2 N–H and O–H groups in total. The highest BCUT2D eigenvalue weighted by Gasteiger charge is 2.23. The molecule has 1 aliphatic rings. The van der Waals surface area contributed by atoms with Crippen molar-refractivity contribution in [2.24, 2.45) is 0 Å². The van der Waals surface area contributed by atoms with Crippen molar-refractivity contribution in [3.05, 3.63) is 62.7 Å². The number of carbonyl (C=O) groups is 2.